The average Bonchev–Trinajstić information content (AvgIpc) is 2.78. The third-order valence-corrected chi connectivity index (χ3v) is 2.99. The Balaban J connectivity index is 1.97. The van der Waals surface area contributed by atoms with Crippen LogP contribution in [0.5, 0.6) is 0 Å². The largest absolute Gasteiger partial charge is 0.396 e. The second-order valence-electron chi connectivity index (χ2n) is 4.13. The summed E-state index contributed by atoms with van der Waals surface area (Å²) in [5.41, 5.74) is 0.507. The molecule has 1 aromatic rings. The second-order valence-corrected chi connectivity index (χ2v) is 4.13. The third kappa shape index (κ3) is 2.39. The fourth-order valence-corrected chi connectivity index (χ4v) is 2.09. The van der Waals surface area contributed by atoms with Crippen LogP contribution in [0.3, 0.4) is 0 Å². The summed E-state index contributed by atoms with van der Waals surface area (Å²) in [7, 11) is 0. The molecule has 1 atom stereocenters. The molecule has 86 valence electrons. The van der Waals surface area contributed by atoms with E-state index in [9.17, 15) is 4.79 Å². The molecule has 0 aromatic carbocycles. The smallest absolute Gasteiger partial charge is 0.272 e. The zero-order valence-electron chi connectivity index (χ0n) is 9.17. The number of nitrogens with zero attached hydrogens (tertiary/aromatic N) is 2. The van der Waals surface area contributed by atoms with Crippen LogP contribution in [0.25, 0.3) is 0 Å². The van der Waals surface area contributed by atoms with Gasteiger partial charge in [-0.25, -0.2) is 0 Å². The maximum atomic E-state index is 12.0. The van der Waals surface area contributed by atoms with Crippen molar-refractivity contribution in [2.75, 3.05) is 19.7 Å². The number of carbonyl (C=O) groups is 1. The van der Waals surface area contributed by atoms with Gasteiger partial charge in [-0.2, -0.15) is 0 Å². The van der Waals surface area contributed by atoms with E-state index in [1.165, 1.54) is 0 Å². The first-order valence-corrected chi connectivity index (χ1v) is 5.62. The molecule has 0 spiro atoms. The number of likely N-dealkylation sites (tertiary alicyclic amines) is 1. The molecule has 1 unspecified atom stereocenters. The van der Waals surface area contributed by atoms with Crippen molar-refractivity contribution in [1.82, 2.24) is 9.88 Å². The summed E-state index contributed by atoms with van der Waals surface area (Å²) in [4.78, 5) is 17.9. The number of hydrogen-bond acceptors (Lipinski definition) is 3. The molecule has 1 saturated heterocycles. The average molecular weight is 220 g/mol. The minimum Gasteiger partial charge on any atom is -0.396 e. The van der Waals surface area contributed by atoms with E-state index in [0.717, 1.165) is 25.9 Å². The van der Waals surface area contributed by atoms with E-state index < -0.39 is 0 Å². The Kier molecular flexibility index (Phi) is 3.51. The molecule has 4 heteroatoms. The lowest BCUT2D eigenvalue weighted by atomic mass is 10.1. The van der Waals surface area contributed by atoms with E-state index in [-0.39, 0.29) is 12.5 Å². The normalized spacial score (nSPS) is 20.1. The highest BCUT2D eigenvalue weighted by atomic mass is 16.3. The number of carbonyl (C=O) groups excluding carboxylic acids is 1. The van der Waals surface area contributed by atoms with Gasteiger partial charge in [-0.05, 0) is 30.9 Å². The van der Waals surface area contributed by atoms with Crippen LogP contribution >= 0.6 is 0 Å². The van der Waals surface area contributed by atoms with Gasteiger partial charge in [0.05, 0.1) is 0 Å². The number of aromatic nitrogens is 1. The summed E-state index contributed by atoms with van der Waals surface area (Å²) in [6, 6.07) is 5.36. The van der Waals surface area contributed by atoms with E-state index in [1.807, 2.05) is 11.0 Å². The van der Waals surface area contributed by atoms with Crippen LogP contribution in [0.1, 0.15) is 23.3 Å². The number of aliphatic hydroxyl groups is 1. The van der Waals surface area contributed by atoms with E-state index in [0.29, 0.717) is 11.6 Å². The first-order valence-electron chi connectivity index (χ1n) is 5.62. The summed E-state index contributed by atoms with van der Waals surface area (Å²) in [5, 5.41) is 8.85. The van der Waals surface area contributed by atoms with Crippen molar-refractivity contribution < 1.29 is 9.90 Å². The molecular formula is C12H16N2O2. The number of hydrogen-bond donors (Lipinski definition) is 1. The zero-order valence-corrected chi connectivity index (χ0v) is 9.17. The molecule has 0 saturated carbocycles. The minimum atomic E-state index is 0.000963. The van der Waals surface area contributed by atoms with Crippen LogP contribution in [0.15, 0.2) is 24.4 Å². The molecule has 2 rings (SSSR count). The van der Waals surface area contributed by atoms with Crippen molar-refractivity contribution in [3.8, 4) is 0 Å². The lowest BCUT2D eigenvalue weighted by Crippen LogP contribution is -2.29. The van der Waals surface area contributed by atoms with E-state index in [2.05, 4.69) is 4.98 Å². The minimum absolute atomic E-state index is 0.000963. The third-order valence-electron chi connectivity index (χ3n) is 2.99. The van der Waals surface area contributed by atoms with Gasteiger partial charge in [0.15, 0.2) is 0 Å². The Morgan fingerprint density at radius 2 is 2.44 bits per heavy atom. The standard InChI is InChI=1S/C12H16N2O2/c15-8-5-10-4-7-14(9-10)12(16)11-3-1-2-6-13-11/h1-3,6,10,15H,4-5,7-9H2. The molecule has 1 amide bonds. The predicted molar refractivity (Wildman–Crippen MR) is 60.0 cm³/mol. The topological polar surface area (TPSA) is 53.4 Å². The van der Waals surface area contributed by atoms with Crippen LogP contribution in [0.2, 0.25) is 0 Å². The molecule has 1 fully saturated rings. The second kappa shape index (κ2) is 5.07. The molecule has 2 heterocycles. The van der Waals surface area contributed by atoms with E-state index >= 15 is 0 Å². The first-order chi connectivity index (χ1) is 7.81. The fourth-order valence-electron chi connectivity index (χ4n) is 2.09. The van der Waals surface area contributed by atoms with Crippen molar-refractivity contribution in [2.24, 2.45) is 5.92 Å². The Labute approximate surface area is 94.9 Å². The molecule has 4 nitrogen and oxygen atoms in total. The van der Waals surface area contributed by atoms with Crippen molar-refractivity contribution in [1.29, 1.82) is 0 Å². The Morgan fingerprint density at radius 1 is 1.56 bits per heavy atom. The highest BCUT2D eigenvalue weighted by Gasteiger charge is 2.26. The highest BCUT2D eigenvalue weighted by Crippen LogP contribution is 2.20. The monoisotopic (exact) mass is 220 g/mol. The van der Waals surface area contributed by atoms with Gasteiger partial charge in [0.2, 0.25) is 0 Å². The summed E-state index contributed by atoms with van der Waals surface area (Å²) < 4.78 is 0. The number of amides is 1. The van der Waals surface area contributed by atoms with E-state index in [1.54, 1.807) is 18.3 Å². The molecule has 0 bridgehead atoms. The zero-order chi connectivity index (χ0) is 11.4. The fraction of sp³-hybridized carbons (Fsp3) is 0.500. The Hall–Kier alpha value is -1.42. The first kappa shape index (κ1) is 11.1. The summed E-state index contributed by atoms with van der Waals surface area (Å²) >= 11 is 0. The van der Waals surface area contributed by atoms with Gasteiger partial charge in [0.1, 0.15) is 5.69 Å². The maximum Gasteiger partial charge on any atom is 0.272 e. The molecule has 1 N–H and O–H groups in total. The lowest BCUT2D eigenvalue weighted by Gasteiger charge is -2.15. The molecule has 0 aliphatic carbocycles. The lowest BCUT2D eigenvalue weighted by molar-refractivity contribution is 0.0779. The molecule has 1 aliphatic heterocycles. The maximum absolute atomic E-state index is 12.0. The van der Waals surface area contributed by atoms with Gasteiger partial charge >= 0.3 is 0 Å². The van der Waals surface area contributed by atoms with Gasteiger partial charge in [-0.1, -0.05) is 6.07 Å². The molecule has 0 radical (unpaired) electrons. The van der Waals surface area contributed by atoms with Crippen LogP contribution in [0, 0.1) is 5.92 Å². The van der Waals surface area contributed by atoms with Crippen molar-refractivity contribution in [3.05, 3.63) is 30.1 Å². The summed E-state index contributed by atoms with van der Waals surface area (Å²) in [6.45, 7) is 1.73. The summed E-state index contributed by atoms with van der Waals surface area (Å²) in [5.74, 6) is 0.443. The van der Waals surface area contributed by atoms with Gasteiger partial charge in [0, 0.05) is 25.9 Å². The molecule has 16 heavy (non-hydrogen) atoms. The van der Waals surface area contributed by atoms with Crippen molar-refractivity contribution in [3.63, 3.8) is 0 Å². The van der Waals surface area contributed by atoms with Crippen molar-refractivity contribution in [2.45, 2.75) is 12.8 Å². The van der Waals surface area contributed by atoms with Gasteiger partial charge in [0.25, 0.3) is 5.91 Å². The number of aliphatic hydroxyl groups excluding tert-OH is 1. The summed E-state index contributed by atoms with van der Waals surface area (Å²) in [6.07, 6.45) is 3.40. The Morgan fingerprint density at radius 3 is 3.12 bits per heavy atom. The van der Waals surface area contributed by atoms with Crippen LogP contribution in [0.4, 0.5) is 0 Å². The Bertz CT molecular complexity index is 353. The molecule has 1 aromatic heterocycles. The quantitative estimate of drug-likeness (QED) is 0.824. The SMILES string of the molecule is O=C(c1ccccn1)N1CCC(CCO)C1. The molecular weight excluding hydrogens is 204 g/mol. The van der Waals surface area contributed by atoms with Crippen molar-refractivity contribution >= 4 is 5.91 Å². The molecule has 1 aliphatic rings. The van der Waals surface area contributed by atoms with Gasteiger partial charge < -0.3 is 10.0 Å². The van der Waals surface area contributed by atoms with Gasteiger partial charge in [-0.15, -0.1) is 0 Å². The van der Waals surface area contributed by atoms with Crippen LogP contribution < -0.4 is 0 Å². The highest BCUT2D eigenvalue weighted by molar-refractivity contribution is 5.92. The van der Waals surface area contributed by atoms with Crippen LogP contribution in [-0.4, -0.2) is 40.6 Å². The van der Waals surface area contributed by atoms with E-state index in [4.69, 9.17) is 5.11 Å². The van der Waals surface area contributed by atoms with Gasteiger partial charge in [-0.3, -0.25) is 9.78 Å². The predicted octanol–water partition coefficient (Wildman–Crippen LogP) is 0.926. The van der Waals surface area contributed by atoms with Crippen LogP contribution in [-0.2, 0) is 0 Å². The number of rotatable bonds is 3. The number of pyridine rings is 1.